The Hall–Kier alpha value is -0.870. The largest absolute Gasteiger partial charge is 0.126 e. The summed E-state index contributed by atoms with van der Waals surface area (Å²) >= 11 is 1.86. The Morgan fingerprint density at radius 1 is 1.46 bits per heavy atom. The van der Waals surface area contributed by atoms with Gasteiger partial charge in [-0.15, -0.1) is 18.2 Å². The summed E-state index contributed by atoms with van der Waals surface area (Å²) < 4.78 is 0. The van der Waals surface area contributed by atoms with E-state index < -0.39 is 0 Å². The minimum Gasteiger partial charge on any atom is -0.126 e. The van der Waals surface area contributed by atoms with Gasteiger partial charge in [0.05, 0.1) is 0 Å². The number of hydrogen-bond acceptors (Lipinski definition) is 1. The number of aryl methyl sites for hydroxylation is 1. The van der Waals surface area contributed by atoms with Crippen LogP contribution in [-0.4, -0.2) is 5.75 Å². The third-order valence-electron chi connectivity index (χ3n) is 1.84. The summed E-state index contributed by atoms with van der Waals surface area (Å²) in [4.78, 5) is 1.28. The molecule has 1 rings (SSSR count). The second-order valence-corrected chi connectivity index (χ2v) is 4.14. The van der Waals surface area contributed by atoms with E-state index in [0.29, 0.717) is 0 Å². The highest BCUT2D eigenvalue weighted by atomic mass is 32.2. The molecule has 0 N–H and O–H groups in total. The number of hydrogen-bond donors (Lipinski definition) is 0. The smallest absolute Gasteiger partial charge is 0.0282 e. The lowest BCUT2D eigenvalue weighted by atomic mass is 10.1. The van der Waals surface area contributed by atoms with Gasteiger partial charge < -0.3 is 0 Å². The molecule has 0 spiro atoms. The standard InChI is InChI=1S/C12H14S/c1-4-8-13-12-7-6-10(3)11(5-2)9-12/h2,6-7,9H,4,8H2,1,3H3. The number of terminal acetylenes is 1. The Morgan fingerprint density at radius 3 is 2.85 bits per heavy atom. The van der Waals surface area contributed by atoms with Gasteiger partial charge in [-0.3, -0.25) is 0 Å². The van der Waals surface area contributed by atoms with Gasteiger partial charge in [0.25, 0.3) is 0 Å². The van der Waals surface area contributed by atoms with Gasteiger partial charge in [-0.05, 0) is 36.8 Å². The first-order valence-electron chi connectivity index (χ1n) is 4.48. The molecule has 0 aromatic heterocycles. The minimum atomic E-state index is 1.01. The molecule has 0 aliphatic rings. The van der Waals surface area contributed by atoms with Gasteiger partial charge in [-0.2, -0.15) is 0 Å². The van der Waals surface area contributed by atoms with E-state index >= 15 is 0 Å². The third kappa shape index (κ3) is 2.82. The summed E-state index contributed by atoms with van der Waals surface area (Å²) in [6, 6.07) is 6.32. The molecule has 1 aromatic rings. The Balaban J connectivity index is 2.82. The lowest BCUT2D eigenvalue weighted by Gasteiger charge is -2.02. The second-order valence-electron chi connectivity index (χ2n) is 2.97. The van der Waals surface area contributed by atoms with Crippen LogP contribution in [0.1, 0.15) is 24.5 Å². The first-order chi connectivity index (χ1) is 6.27. The van der Waals surface area contributed by atoms with Crippen LogP contribution >= 0.6 is 11.8 Å². The van der Waals surface area contributed by atoms with Crippen LogP contribution in [0.15, 0.2) is 23.1 Å². The number of rotatable bonds is 3. The highest BCUT2D eigenvalue weighted by molar-refractivity contribution is 7.99. The lowest BCUT2D eigenvalue weighted by Crippen LogP contribution is -1.83. The van der Waals surface area contributed by atoms with Gasteiger partial charge >= 0.3 is 0 Å². The van der Waals surface area contributed by atoms with Gasteiger partial charge in [0, 0.05) is 10.5 Å². The lowest BCUT2D eigenvalue weighted by molar-refractivity contribution is 1.10. The van der Waals surface area contributed by atoms with E-state index in [1.54, 1.807) is 0 Å². The van der Waals surface area contributed by atoms with Crippen molar-refractivity contribution in [2.24, 2.45) is 0 Å². The van der Waals surface area contributed by atoms with Crippen molar-refractivity contribution in [2.45, 2.75) is 25.2 Å². The van der Waals surface area contributed by atoms with Crippen molar-refractivity contribution in [3.05, 3.63) is 29.3 Å². The fourth-order valence-electron chi connectivity index (χ4n) is 1.07. The van der Waals surface area contributed by atoms with Crippen LogP contribution in [0, 0.1) is 19.3 Å². The SMILES string of the molecule is C#Cc1cc(SCCC)ccc1C. The fourth-order valence-corrected chi connectivity index (χ4v) is 1.87. The quantitative estimate of drug-likeness (QED) is 0.519. The minimum absolute atomic E-state index is 1.01. The van der Waals surface area contributed by atoms with Crippen molar-refractivity contribution < 1.29 is 0 Å². The summed E-state index contributed by atoms with van der Waals surface area (Å²) in [5.41, 5.74) is 2.20. The molecule has 0 fully saturated rings. The average Bonchev–Trinajstić information content (AvgIpc) is 2.16. The Morgan fingerprint density at radius 2 is 2.23 bits per heavy atom. The highest BCUT2D eigenvalue weighted by Gasteiger charge is 1.97. The van der Waals surface area contributed by atoms with Crippen molar-refractivity contribution in [1.29, 1.82) is 0 Å². The molecule has 0 nitrogen and oxygen atoms in total. The van der Waals surface area contributed by atoms with Crippen LogP contribution in [0.4, 0.5) is 0 Å². The zero-order valence-corrected chi connectivity index (χ0v) is 8.95. The molecule has 0 aliphatic heterocycles. The van der Waals surface area contributed by atoms with Crippen LogP contribution < -0.4 is 0 Å². The van der Waals surface area contributed by atoms with E-state index in [2.05, 4.69) is 31.0 Å². The Labute approximate surface area is 84.7 Å². The molecule has 1 aromatic carbocycles. The van der Waals surface area contributed by atoms with Crippen molar-refractivity contribution in [3.63, 3.8) is 0 Å². The monoisotopic (exact) mass is 190 g/mol. The van der Waals surface area contributed by atoms with Crippen molar-refractivity contribution in [3.8, 4) is 12.3 Å². The molecule has 0 atom stereocenters. The van der Waals surface area contributed by atoms with Crippen LogP contribution in [0.2, 0.25) is 0 Å². The van der Waals surface area contributed by atoms with E-state index in [9.17, 15) is 0 Å². The van der Waals surface area contributed by atoms with E-state index in [0.717, 1.165) is 11.3 Å². The van der Waals surface area contributed by atoms with Crippen LogP contribution in [-0.2, 0) is 0 Å². The van der Waals surface area contributed by atoms with E-state index in [1.165, 1.54) is 16.9 Å². The molecule has 0 bridgehead atoms. The average molecular weight is 190 g/mol. The third-order valence-corrected chi connectivity index (χ3v) is 3.04. The molecule has 0 amide bonds. The zero-order chi connectivity index (χ0) is 9.68. The highest BCUT2D eigenvalue weighted by Crippen LogP contribution is 2.21. The van der Waals surface area contributed by atoms with E-state index in [1.807, 2.05) is 18.7 Å². The summed E-state index contributed by atoms with van der Waals surface area (Å²) in [7, 11) is 0. The molecule has 0 heterocycles. The summed E-state index contributed by atoms with van der Waals surface area (Å²) in [6.07, 6.45) is 6.59. The Bertz CT molecular complexity index is 320. The van der Waals surface area contributed by atoms with Crippen LogP contribution in [0.5, 0.6) is 0 Å². The maximum absolute atomic E-state index is 5.39. The molecular formula is C12H14S. The molecule has 0 radical (unpaired) electrons. The summed E-state index contributed by atoms with van der Waals surface area (Å²) in [5, 5.41) is 0. The zero-order valence-electron chi connectivity index (χ0n) is 8.13. The molecule has 0 saturated heterocycles. The Kier molecular flexibility index (Phi) is 3.92. The van der Waals surface area contributed by atoms with Crippen LogP contribution in [0.3, 0.4) is 0 Å². The van der Waals surface area contributed by atoms with Crippen LogP contribution in [0.25, 0.3) is 0 Å². The van der Waals surface area contributed by atoms with E-state index in [-0.39, 0.29) is 0 Å². The molecular weight excluding hydrogens is 176 g/mol. The predicted molar refractivity (Wildman–Crippen MR) is 60.1 cm³/mol. The van der Waals surface area contributed by atoms with Crippen molar-refractivity contribution >= 4 is 11.8 Å². The molecule has 68 valence electrons. The molecule has 0 aliphatic carbocycles. The summed E-state index contributed by atoms with van der Waals surface area (Å²) in [6.45, 7) is 4.23. The maximum atomic E-state index is 5.39. The van der Waals surface area contributed by atoms with Gasteiger partial charge in [-0.1, -0.05) is 18.9 Å². The van der Waals surface area contributed by atoms with E-state index in [4.69, 9.17) is 6.42 Å². The molecule has 0 saturated carbocycles. The van der Waals surface area contributed by atoms with Crippen molar-refractivity contribution in [1.82, 2.24) is 0 Å². The topological polar surface area (TPSA) is 0 Å². The number of thioether (sulfide) groups is 1. The molecule has 13 heavy (non-hydrogen) atoms. The second kappa shape index (κ2) is 4.99. The first-order valence-corrected chi connectivity index (χ1v) is 5.46. The van der Waals surface area contributed by atoms with Gasteiger partial charge in [0.1, 0.15) is 0 Å². The summed E-state index contributed by atoms with van der Waals surface area (Å²) in [5.74, 6) is 3.86. The van der Waals surface area contributed by atoms with Crippen molar-refractivity contribution in [2.75, 3.05) is 5.75 Å². The van der Waals surface area contributed by atoms with Gasteiger partial charge in [0.2, 0.25) is 0 Å². The van der Waals surface area contributed by atoms with Gasteiger partial charge in [0.15, 0.2) is 0 Å². The molecule has 0 unspecified atom stereocenters. The van der Waals surface area contributed by atoms with Gasteiger partial charge in [-0.25, -0.2) is 0 Å². The predicted octanol–water partition coefficient (Wildman–Crippen LogP) is 3.48. The fraction of sp³-hybridized carbons (Fsp3) is 0.333. The normalized spacial score (nSPS) is 9.62. The maximum Gasteiger partial charge on any atom is 0.0282 e. The molecule has 1 heteroatoms. The number of benzene rings is 1. The first kappa shape index (κ1) is 10.2.